The summed E-state index contributed by atoms with van der Waals surface area (Å²) < 4.78 is 2.03. The second-order valence-electron chi connectivity index (χ2n) is 2.22. The third-order valence-electron chi connectivity index (χ3n) is 1.55. The molecule has 10 heavy (non-hydrogen) atoms. The topological polar surface area (TPSA) is 29.0 Å². The van der Waals surface area contributed by atoms with Gasteiger partial charge >= 0.3 is 0 Å². The van der Waals surface area contributed by atoms with Gasteiger partial charge in [0.25, 0.3) is 0 Å². The first-order chi connectivity index (χ1) is 4.77. The van der Waals surface area contributed by atoms with E-state index in [4.69, 9.17) is 0 Å². The van der Waals surface area contributed by atoms with Crippen molar-refractivity contribution in [3.05, 3.63) is 12.3 Å². The third-order valence-corrected chi connectivity index (χ3v) is 1.55. The van der Waals surface area contributed by atoms with Gasteiger partial charge in [-0.3, -0.25) is 0 Å². The van der Waals surface area contributed by atoms with E-state index in [-0.39, 0.29) is 0 Å². The molecule has 3 heteroatoms. The normalized spacial score (nSPS) is 9.50. The van der Waals surface area contributed by atoms with Gasteiger partial charge < -0.3 is 15.2 Å². The van der Waals surface area contributed by atoms with Crippen LogP contribution in [0, 0.1) is 0 Å². The SMILES string of the molecule is CNc1cc(NC)n(C)c1. The summed E-state index contributed by atoms with van der Waals surface area (Å²) in [7, 11) is 5.83. The summed E-state index contributed by atoms with van der Waals surface area (Å²) in [5.41, 5.74) is 1.13. The number of aryl methyl sites for hydroxylation is 1. The van der Waals surface area contributed by atoms with Crippen LogP contribution < -0.4 is 10.6 Å². The summed E-state index contributed by atoms with van der Waals surface area (Å²) in [6, 6.07) is 2.06. The Hall–Kier alpha value is -1.12. The van der Waals surface area contributed by atoms with Crippen LogP contribution in [0.1, 0.15) is 0 Å². The van der Waals surface area contributed by atoms with Crippen LogP contribution in [-0.2, 0) is 7.05 Å². The highest BCUT2D eigenvalue weighted by atomic mass is 15.1. The number of rotatable bonds is 2. The lowest BCUT2D eigenvalue weighted by atomic mass is 10.5. The van der Waals surface area contributed by atoms with Crippen LogP contribution in [0.3, 0.4) is 0 Å². The first kappa shape index (κ1) is 6.99. The average molecular weight is 139 g/mol. The Bertz CT molecular complexity index is 215. The summed E-state index contributed by atoms with van der Waals surface area (Å²) in [6.45, 7) is 0. The monoisotopic (exact) mass is 139 g/mol. The van der Waals surface area contributed by atoms with E-state index in [9.17, 15) is 0 Å². The van der Waals surface area contributed by atoms with Gasteiger partial charge in [0.05, 0.1) is 5.69 Å². The maximum atomic E-state index is 3.07. The summed E-state index contributed by atoms with van der Waals surface area (Å²) in [6.07, 6.45) is 2.03. The molecule has 0 fully saturated rings. The molecule has 1 rings (SSSR count). The molecule has 56 valence electrons. The first-order valence-electron chi connectivity index (χ1n) is 3.30. The predicted octanol–water partition coefficient (Wildman–Crippen LogP) is 1.11. The average Bonchev–Trinajstić information content (AvgIpc) is 2.30. The van der Waals surface area contributed by atoms with Crippen LogP contribution in [-0.4, -0.2) is 18.7 Å². The van der Waals surface area contributed by atoms with Gasteiger partial charge in [0.15, 0.2) is 0 Å². The van der Waals surface area contributed by atoms with Crippen LogP contribution >= 0.6 is 0 Å². The second-order valence-corrected chi connectivity index (χ2v) is 2.22. The van der Waals surface area contributed by atoms with Gasteiger partial charge in [-0.2, -0.15) is 0 Å². The number of anilines is 2. The Kier molecular flexibility index (Phi) is 1.85. The molecule has 1 heterocycles. The standard InChI is InChI=1S/C7H13N3/c1-8-6-4-7(9-2)10(3)5-6/h4-5,8-9H,1-3H3. The van der Waals surface area contributed by atoms with E-state index < -0.39 is 0 Å². The van der Waals surface area contributed by atoms with Gasteiger partial charge in [-0.1, -0.05) is 0 Å². The molecule has 0 atom stereocenters. The third kappa shape index (κ3) is 1.07. The highest BCUT2D eigenvalue weighted by Crippen LogP contribution is 2.15. The van der Waals surface area contributed by atoms with Crippen LogP contribution in [0.5, 0.6) is 0 Å². The summed E-state index contributed by atoms with van der Waals surface area (Å²) in [5, 5.41) is 6.13. The number of aromatic nitrogens is 1. The minimum absolute atomic E-state index is 1.12. The van der Waals surface area contributed by atoms with Gasteiger partial charge in [0.2, 0.25) is 0 Å². The van der Waals surface area contributed by atoms with Crippen molar-refractivity contribution in [1.82, 2.24) is 4.57 Å². The zero-order chi connectivity index (χ0) is 7.56. The Morgan fingerprint density at radius 3 is 2.30 bits per heavy atom. The van der Waals surface area contributed by atoms with Crippen molar-refractivity contribution in [2.75, 3.05) is 24.7 Å². The maximum Gasteiger partial charge on any atom is 0.107 e. The Labute approximate surface area is 61.0 Å². The van der Waals surface area contributed by atoms with Crippen molar-refractivity contribution in [2.24, 2.45) is 7.05 Å². The van der Waals surface area contributed by atoms with Crippen LogP contribution in [0.2, 0.25) is 0 Å². The van der Waals surface area contributed by atoms with Crippen molar-refractivity contribution in [1.29, 1.82) is 0 Å². The molecule has 0 bridgehead atoms. The number of nitrogens with zero attached hydrogens (tertiary/aromatic N) is 1. The van der Waals surface area contributed by atoms with Gasteiger partial charge in [-0.05, 0) is 0 Å². The molecular weight excluding hydrogens is 126 g/mol. The summed E-state index contributed by atoms with van der Waals surface area (Å²) in [4.78, 5) is 0. The van der Waals surface area contributed by atoms with Crippen molar-refractivity contribution in [3.63, 3.8) is 0 Å². The Balaban J connectivity index is 2.92. The van der Waals surface area contributed by atoms with Gasteiger partial charge in [-0.15, -0.1) is 0 Å². The zero-order valence-electron chi connectivity index (χ0n) is 6.60. The number of nitrogens with one attached hydrogen (secondary N) is 2. The fraction of sp³-hybridized carbons (Fsp3) is 0.429. The molecule has 0 radical (unpaired) electrons. The lowest BCUT2D eigenvalue weighted by molar-refractivity contribution is 0.933. The predicted molar refractivity (Wildman–Crippen MR) is 44.5 cm³/mol. The molecule has 0 saturated heterocycles. The Morgan fingerprint density at radius 2 is 2.00 bits per heavy atom. The molecule has 3 nitrogen and oxygen atoms in total. The first-order valence-corrected chi connectivity index (χ1v) is 3.30. The molecule has 0 saturated carbocycles. The van der Waals surface area contributed by atoms with E-state index in [1.807, 2.05) is 31.9 Å². The van der Waals surface area contributed by atoms with E-state index >= 15 is 0 Å². The lowest BCUT2D eigenvalue weighted by Gasteiger charge is -1.97. The molecule has 0 aromatic carbocycles. The molecule has 2 N–H and O–H groups in total. The zero-order valence-corrected chi connectivity index (χ0v) is 6.60. The molecular formula is C7H13N3. The quantitative estimate of drug-likeness (QED) is 0.642. The minimum Gasteiger partial charge on any atom is -0.387 e. The van der Waals surface area contributed by atoms with E-state index in [1.165, 1.54) is 0 Å². The molecule has 1 aromatic heterocycles. The lowest BCUT2D eigenvalue weighted by Crippen LogP contribution is -1.94. The van der Waals surface area contributed by atoms with Gasteiger partial charge in [-0.25, -0.2) is 0 Å². The molecule has 1 aromatic rings. The number of hydrogen-bond donors (Lipinski definition) is 2. The molecule has 0 unspecified atom stereocenters. The number of hydrogen-bond acceptors (Lipinski definition) is 2. The highest BCUT2D eigenvalue weighted by molar-refractivity contribution is 5.53. The van der Waals surface area contributed by atoms with E-state index in [1.54, 1.807) is 0 Å². The van der Waals surface area contributed by atoms with Gasteiger partial charge in [0, 0.05) is 33.4 Å². The Morgan fingerprint density at radius 1 is 1.30 bits per heavy atom. The fourth-order valence-corrected chi connectivity index (χ4v) is 0.950. The largest absolute Gasteiger partial charge is 0.387 e. The van der Waals surface area contributed by atoms with Crippen molar-refractivity contribution >= 4 is 11.5 Å². The minimum atomic E-state index is 1.12. The highest BCUT2D eigenvalue weighted by Gasteiger charge is 1.96. The van der Waals surface area contributed by atoms with E-state index in [2.05, 4.69) is 16.7 Å². The van der Waals surface area contributed by atoms with Gasteiger partial charge in [0.1, 0.15) is 5.82 Å². The second kappa shape index (κ2) is 2.64. The van der Waals surface area contributed by atoms with Crippen molar-refractivity contribution in [3.8, 4) is 0 Å². The maximum absolute atomic E-state index is 3.07. The van der Waals surface area contributed by atoms with E-state index in [0.717, 1.165) is 11.5 Å². The van der Waals surface area contributed by atoms with Crippen LogP contribution in [0.25, 0.3) is 0 Å². The molecule has 0 aliphatic heterocycles. The molecule has 0 amide bonds. The van der Waals surface area contributed by atoms with Crippen LogP contribution in [0.4, 0.5) is 11.5 Å². The fourth-order valence-electron chi connectivity index (χ4n) is 0.950. The summed E-state index contributed by atoms with van der Waals surface area (Å²) in [5.74, 6) is 1.12. The molecule has 0 spiro atoms. The molecule has 0 aliphatic carbocycles. The van der Waals surface area contributed by atoms with Crippen molar-refractivity contribution < 1.29 is 0 Å². The van der Waals surface area contributed by atoms with Crippen LogP contribution in [0.15, 0.2) is 12.3 Å². The van der Waals surface area contributed by atoms with Crippen molar-refractivity contribution in [2.45, 2.75) is 0 Å². The molecule has 0 aliphatic rings. The smallest absolute Gasteiger partial charge is 0.107 e. The summed E-state index contributed by atoms with van der Waals surface area (Å²) >= 11 is 0. The van der Waals surface area contributed by atoms with E-state index in [0.29, 0.717) is 0 Å².